The first-order valence-electron chi connectivity index (χ1n) is 6.81. The van der Waals surface area contributed by atoms with Gasteiger partial charge in [-0.2, -0.15) is 0 Å². The summed E-state index contributed by atoms with van der Waals surface area (Å²) in [6, 6.07) is 6.50. The SMILES string of the molecule is CCOC(=O)c1cccc(NC(=O)CCCCC(=O)O)c1. The first kappa shape index (κ1) is 16.7. The second-order valence-corrected chi connectivity index (χ2v) is 4.45. The van der Waals surface area contributed by atoms with Gasteiger partial charge in [0.05, 0.1) is 12.2 Å². The molecule has 0 aliphatic heterocycles. The van der Waals surface area contributed by atoms with Crippen molar-refractivity contribution in [3.05, 3.63) is 29.8 Å². The van der Waals surface area contributed by atoms with Gasteiger partial charge in [0.1, 0.15) is 0 Å². The monoisotopic (exact) mass is 293 g/mol. The van der Waals surface area contributed by atoms with Crippen molar-refractivity contribution < 1.29 is 24.2 Å². The summed E-state index contributed by atoms with van der Waals surface area (Å²) in [5.41, 5.74) is 0.893. The minimum atomic E-state index is -0.863. The van der Waals surface area contributed by atoms with E-state index in [0.717, 1.165) is 0 Å². The average Bonchev–Trinajstić information content (AvgIpc) is 2.44. The molecule has 0 aliphatic rings. The zero-order valence-corrected chi connectivity index (χ0v) is 11.9. The Labute approximate surface area is 123 Å². The number of benzene rings is 1. The van der Waals surface area contributed by atoms with E-state index in [1.165, 1.54) is 0 Å². The van der Waals surface area contributed by atoms with Gasteiger partial charge in [-0.15, -0.1) is 0 Å². The molecule has 0 aliphatic carbocycles. The molecule has 0 heterocycles. The van der Waals surface area contributed by atoms with Gasteiger partial charge in [0.2, 0.25) is 5.91 Å². The number of anilines is 1. The minimum Gasteiger partial charge on any atom is -0.481 e. The Balaban J connectivity index is 2.47. The van der Waals surface area contributed by atoms with Gasteiger partial charge in [-0.05, 0) is 38.0 Å². The molecule has 1 rings (SSSR count). The van der Waals surface area contributed by atoms with Crippen LogP contribution in [0.25, 0.3) is 0 Å². The van der Waals surface area contributed by atoms with Crippen LogP contribution in [-0.2, 0) is 14.3 Å². The molecule has 0 spiro atoms. The largest absolute Gasteiger partial charge is 0.481 e. The maximum Gasteiger partial charge on any atom is 0.338 e. The lowest BCUT2D eigenvalue weighted by Crippen LogP contribution is -2.12. The van der Waals surface area contributed by atoms with Gasteiger partial charge in [-0.3, -0.25) is 9.59 Å². The second-order valence-electron chi connectivity index (χ2n) is 4.45. The molecule has 0 aromatic heterocycles. The summed E-state index contributed by atoms with van der Waals surface area (Å²) in [6.07, 6.45) is 1.28. The first-order valence-corrected chi connectivity index (χ1v) is 6.81. The summed E-state index contributed by atoms with van der Waals surface area (Å²) in [7, 11) is 0. The number of rotatable bonds is 8. The van der Waals surface area contributed by atoms with E-state index in [2.05, 4.69) is 5.32 Å². The number of esters is 1. The van der Waals surface area contributed by atoms with Crippen LogP contribution in [0.4, 0.5) is 5.69 Å². The van der Waals surface area contributed by atoms with Crippen LogP contribution in [0.1, 0.15) is 43.0 Å². The average molecular weight is 293 g/mol. The van der Waals surface area contributed by atoms with Crippen molar-refractivity contribution in [2.24, 2.45) is 0 Å². The Morgan fingerprint density at radius 3 is 2.57 bits per heavy atom. The molecule has 6 nitrogen and oxygen atoms in total. The lowest BCUT2D eigenvalue weighted by Gasteiger charge is -2.07. The molecule has 1 aromatic rings. The molecule has 0 saturated carbocycles. The maximum absolute atomic E-state index is 11.7. The van der Waals surface area contributed by atoms with E-state index in [1.54, 1.807) is 31.2 Å². The number of aliphatic carboxylic acids is 1. The maximum atomic E-state index is 11.7. The van der Waals surface area contributed by atoms with Gasteiger partial charge >= 0.3 is 11.9 Å². The molecule has 2 N–H and O–H groups in total. The molecule has 0 radical (unpaired) electrons. The number of hydrogen-bond acceptors (Lipinski definition) is 4. The van der Waals surface area contributed by atoms with E-state index in [1.807, 2.05) is 0 Å². The highest BCUT2D eigenvalue weighted by molar-refractivity contribution is 5.94. The van der Waals surface area contributed by atoms with Crippen LogP contribution in [0.2, 0.25) is 0 Å². The third-order valence-corrected chi connectivity index (χ3v) is 2.70. The normalized spacial score (nSPS) is 9.95. The highest BCUT2D eigenvalue weighted by Gasteiger charge is 2.08. The van der Waals surface area contributed by atoms with E-state index in [-0.39, 0.29) is 18.7 Å². The van der Waals surface area contributed by atoms with Crippen molar-refractivity contribution >= 4 is 23.5 Å². The Morgan fingerprint density at radius 2 is 1.90 bits per heavy atom. The van der Waals surface area contributed by atoms with Gasteiger partial charge < -0.3 is 15.2 Å². The van der Waals surface area contributed by atoms with Gasteiger partial charge in [0.15, 0.2) is 0 Å². The quantitative estimate of drug-likeness (QED) is 0.567. The Morgan fingerprint density at radius 1 is 1.19 bits per heavy atom. The third-order valence-electron chi connectivity index (χ3n) is 2.70. The Hall–Kier alpha value is -2.37. The van der Waals surface area contributed by atoms with Crippen molar-refractivity contribution in [3.8, 4) is 0 Å². The standard InChI is InChI=1S/C15H19NO5/c1-2-21-15(20)11-6-5-7-12(10-11)16-13(17)8-3-4-9-14(18)19/h5-7,10H,2-4,8-9H2,1H3,(H,16,17)(H,18,19). The number of carbonyl (C=O) groups excluding carboxylic acids is 2. The zero-order chi connectivity index (χ0) is 15.7. The summed E-state index contributed by atoms with van der Waals surface area (Å²) < 4.78 is 4.88. The molecule has 0 saturated heterocycles. The molecular weight excluding hydrogens is 274 g/mol. The molecular formula is C15H19NO5. The van der Waals surface area contributed by atoms with Gasteiger partial charge in [-0.25, -0.2) is 4.79 Å². The number of carboxylic acids is 1. The second kappa shape index (κ2) is 8.73. The van der Waals surface area contributed by atoms with E-state index >= 15 is 0 Å². The summed E-state index contributed by atoms with van der Waals surface area (Å²) >= 11 is 0. The molecule has 1 amide bonds. The lowest BCUT2D eigenvalue weighted by molar-refractivity contribution is -0.137. The van der Waals surface area contributed by atoms with Crippen LogP contribution in [0, 0.1) is 0 Å². The number of carbonyl (C=O) groups is 3. The smallest absolute Gasteiger partial charge is 0.338 e. The molecule has 0 fully saturated rings. The number of amides is 1. The van der Waals surface area contributed by atoms with Crippen LogP contribution in [0.3, 0.4) is 0 Å². The number of ether oxygens (including phenoxy) is 1. The van der Waals surface area contributed by atoms with Crippen LogP contribution in [0.15, 0.2) is 24.3 Å². The van der Waals surface area contributed by atoms with Crippen molar-refractivity contribution in [3.63, 3.8) is 0 Å². The predicted octanol–water partition coefficient (Wildman–Crippen LogP) is 2.45. The fourth-order valence-electron chi connectivity index (χ4n) is 1.72. The molecule has 0 bridgehead atoms. The summed E-state index contributed by atoms with van der Waals surface area (Å²) in [4.78, 5) is 33.6. The highest BCUT2D eigenvalue weighted by Crippen LogP contribution is 2.13. The summed E-state index contributed by atoms with van der Waals surface area (Å²) in [6.45, 7) is 2.01. The zero-order valence-electron chi connectivity index (χ0n) is 11.9. The molecule has 1 aromatic carbocycles. The van der Waals surface area contributed by atoms with E-state index in [0.29, 0.717) is 30.7 Å². The van der Waals surface area contributed by atoms with Crippen molar-refractivity contribution in [1.29, 1.82) is 0 Å². The van der Waals surface area contributed by atoms with Gasteiger partial charge in [-0.1, -0.05) is 6.07 Å². The molecule has 0 unspecified atom stereocenters. The number of nitrogens with one attached hydrogen (secondary N) is 1. The predicted molar refractivity (Wildman–Crippen MR) is 77.1 cm³/mol. The fourth-order valence-corrected chi connectivity index (χ4v) is 1.72. The molecule has 6 heteroatoms. The van der Waals surface area contributed by atoms with Crippen molar-refractivity contribution in [2.75, 3.05) is 11.9 Å². The first-order chi connectivity index (χ1) is 10.0. The minimum absolute atomic E-state index is 0.0611. The van der Waals surface area contributed by atoms with Crippen LogP contribution in [-0.4, -0.2) is 29.6 Å². The fraction of sp³-hybridized carbons (Fsp3) is 0.400. The van der Waals surface area contributed by atoms with E-state index in [9.17, 15) is 14.4 Å². The van der Waals surface area contributed by atoms with Crippen molar-refractivity contribution in [2.45, 2.75) is 32.6 Å². The third kappa shape index (κ3) is 6.56. The topological polar surface area (TPSA) is 92.7 Å². The lowest BCUT2D eigenvalue weighted by atomic mass is 10.1. The Bertz CT molecular complexity index is 513. The Kier molecular flexibility index (Phi) is 6.94. The van der Waals surface area contributed by atoms with E-state index in [4.69, 9.17) is 9.84 Å². The number of carboxylic acid groups (broad SMARTS) is 1. The van der Waals surface area contributed by atoms with E-state index < -0.39 is 11.9 Å². The number of unbranched alkanes of at least 4 members (excludes halogenated alkanes) is 1. The molecule has 114 valence electrons. The molecule has 21 heavy (non-hydrogen) atoms. The highest BCUT2D eigenvalue weighted by atomic mass is 16.5. The summed E-state index contributed by atoms with van der Waals surface area (Å²) in [5, 5.41) is 11.2. The van der Waals surface area contributed by atoms with Gasteiger partial charge in [0.25, 0.3) is 0 Å². The summed E-state index contributed by atoms with van der Waals surface area (Å²) in [5.74, 6) is -1.51. The number of hydrogen-bond donors (Lipinski definition) is 2. The molecule has 0 atom stereocenters. The van der Waals surface area contributed by atoms with Crippen LogP contribution >= 0.6 is 0 Å². The van der Waals surface area contributed by atoms with Crippen LogP contribution in [0.5, 0.6) is 0 Å². The van der Waals surface area contributed by atoms with Crippen LogP contribution < -0.4 is 5.32 Å². The van der Waals surface area contributed by atoms with Gasteiger partial charge in [0, 0.05) is 18.5 Å². The van der Waals surface area contributed by atoms with Crippen molar-refractivity contribution in [1.82, 2.24) is 0 Å².